The van der Waals surface area contributed by atoms with Crippen molar-refractivity contribution in [2.24, 2.45) is 0 Å². The lowest BCUT2D eigenvalue weighted by atomic mass is 10.2. The lowest BCUT2D eigenvalue weighted by Gasteiger charge is -2.19. The van der Waals surface area contributed by atoms with E-state index in [0.717, 1.165) is 5.56 Å². The van der Waals surface area contributed by atoms with Crippen LogP contribution >= 0.6 is 0 Å². The third-order valence-corrected chi connectivity index (χ3v) is 2.53. The van der Waals surface area contributed by atoms with Gasteiger partial charge in [-0.25, -0.2) is 9.59 Å². The van der Waals surface area contributed by atoms with E-state index in [1.54, 1.807) is 65.9 Å². The van der Waals surface area contributed by atoms with E-state index in [4.69, 9.17) is 9.47 Å². The Bertz CT molecular complexity index is 628. The molecule has 0 unspecified atom stereocenters. The summed E-state index contributed by atoms with van der Waals surface area (Å²) in [5.74, 6) is 0. The van der Waals surface area contributed by atoms with E-state index in [0.29, 0.717) is 5.69 Å². The average Bonchev–Trinajstić information content (AvgIpc) is 2.42. The van der Waals surface area contributed by atoms with Gasteiger partial charge >= 0.3 is 12.2 Å². The molecule has 2 N–H and O–H groups in total. The van der Waals surface area contributed by atoms with Crippen molar-refractivity contribution in [1.29, 1.82) is 0 Å². The van der Waals surface area contributed by atoms with Crippen LogP contribution in [0.1, 0.15) is 52.8 Å². The predicted molar refractivity (Wildman–Crippen MR) is 95.7 cm³/mol. The third-order valence-electron chi connectivity index (χ3n) is 2.53. The summed E-state index contributed by atoms with van der Waals surface area (Å²) in [5, 5.41) is 5.18. The second kappa shape index (κ2) is 8.50. The van der Waals surface area contributed by atoms with Crippen LogP contribution in [0.3, 0.4) is 0 Å². The Labute approximate surface area is 148 Å². The molecule has 25 heavy (non-hydrogen) atoms. The van der Waals surface area contributed by atoms with E-state index in [9.17, 15) is 9.59 Å². The van der Waals surface area contributed by atoms with Crippen molar-refractivity contribution in [2.75, 3.05) is 0 Å². The maximum Gasteiger partial charge on any atom is 0.411 e. The van der Waals surface area contributed by atoms with Gasteiger partial charge in [0.25, 0.3) is 0 Å². The van der Waals surface area contributed by atoms with Crippen LogP contribution in [0.15, 0.2) is 24.5 Å². The van der Waals surface area contributed by atoms with Crippen LogP contribution in [0.2, 0.25) is 0 Å². The molecular formula is C18H27N3O4. The van der Waals surface area contributed by atoms with E-state index in [1.165, 1.54) is 6.20 Å². The average molecular weight is 349 g/mol. The summed E-state index contributed by atoms with van der Waals surface area (Å²) >= 11 is 0. The predicted octanol–water partition coefficient (Wildman–Crippen LogP) is 3.60. The fourth-order valence-corrected chi connectivity index (χ4v) is 1.69. The van der Waals surface area contributed by atoms with Gasteiger partial charge in [0.15, 0.2) is 0 Å². The quantitative estimate of drug-likeness (QED) is 0.867. The minimum absolute atomic E-state index is 0.246. The molecule has 0 aromatic carbocycles. The van der Waals surface area contributed by atoms with E-state index >= 15 is 0 Å². The summed E-state index contributed by atoms with van der Waals surface area (Å²) in [4.78, 5) is 27.4. The molecule has 0 radical (unpaired) electrons. The van der Waals surface area contributed by atoms with Crippen LogP contribution in [0.25, 0.3) is 6.08 Å². The lowest BCUT2D eigenvalue weighted by molar-refractivity contribution is 0.0519. The molecular weight excluding hydrogens is 322 g/mol. The number of rotatable bonds is 4. The molecule has 1 aromatic rings. The SMILES string of the molecule is CC(C)(C)OC(=O)N/C=C\c1ccnc(CNC(=O)OC(C)(C)C)c1. The number of alkyl carbamates (subject to hydrolysis) is 2. The normalized spacial score (nSPS) is 11.9. The van der Waals surface area contributed by atoms with Crippen LogP contribution in [0.4, 0.5) is 9.59 Å². The zero-order valence-electron chi connectivity index (χ0n) is 15.7. The molecule has 0 aliphatic carbocycles. The highest BCUT2D eigenvalue weighted by molar-refractivity contribution is 5.70. The summed E-state index contributed by atoms with van der Waals surface area (Å²) in [5.41, 5.74) is 0.405. The Morgan fingerprint density at radius 2 is 1.68 bits per heavy atom. The number of ether oxygens (including phenoxy) is 2. The lowest BCUT2D eigenvalue weighted by Crippen LogP contribution is -2.32. The third kappa shape index (κ3) is 10.0. The second-order valence-corrected chi connectivity index (χ2v) is 7.42. The van der Waals surface area contributed by atoms with E-state index in [2.05, 4.69) is 15.6 Å². The first-order valence-electron chi connectivity index (χ1n) is 8.02. The van der Waals surface area contributed by atoms with E-state index < -0.39 is 23.4 Å². The number of carbonyl (C=O) groups is 2. The molecule has 0 saturated heterocycles. The molecule has 0 bridgehead atoms. The second-order valence-electron chi connectivity index (χ2n) is 7.42. The maximum atomic E-state index is 11.6. The van der Waals surface area contributed by atoms with Crippen molar-refractivity contribution < 1.29 is 19.1 Å². The summed E-state index contributed by atoms with van der Waals surface area (Å²) in [6.07, 6.45) is 3.81. The van der Waals surface area contributed by atoms with Crippen molar-refractivity contribution in [3.05, 3.63) is 35.8 Å². The van der Waals surface area contributed by atoms with Gasteiger partial charge in [-0.1, -0.05) is 0 Å². The van der Waals surface area contributed by atoms with Gasteiger partial charge < -0.3 is 14.8 Å². The number of pyridine rings is 1. The number of nitrogens with zero attached hydrogens (tertiary/aromatic N) is 1. The van der Waals surface area contributed by atoms with Gasteiger partial charge in [-0.15, -0.1) is 0 Å². The minimum atomic E-state index is -0.547. The number of hydrogen-bond donors (Lipinski definition) is 2. The Hall–Kier alpha value is -2.57. The molecule has 0 spiro atoms. The van der Waals surface area contributed by atoms with Crippen LogP contribution < -0.4 is 10.6 Å². The van der Waals surface area contributed by atoms with Crippen LogP contribution in [0, 0.1) is 0 Å². The summed E-state index contributed by atoms with van der Waals surface area (Å²) in [6.45, 7) is 11.0. The van der Waals surface area contributed by atoms with Crippen LogP contribution in [-0.4, -0.2) is 28.4 Å². The highest BCUT2D eigenvalue weighted by Crippen LogP contribution is 2.08. The molecule has 1 heterocycles. The monoisotopic (exact) mass is 349 g/mol. The molecule has 2 amide bonds. The number of hydrogen-bond acceptors (Lipinski definition) is 5. The minimum Gasteiger partial charge on any atom is -0.444 e. The van der Waals surface area contributed by atoms with Crippen molar-refractivity contribution >= 4 is 18.3 Å². The van der Waals surface area contributed by atoms with Crippen LogP contribution in [-0.2, 0) is 16.0 Å². The number of nitrogens with one attached hydrogen (secondary N) is 2. The largest absolute Gasteiger partial charge is 0.444 e. The van der Waals surface area contributed by atoms with Gasteiger partial charge in [0.2, 0.25) is 0 Å². The summed E-state index contributed by atoms with van der Waals surface area (Å²) in [6, 6.07) is 3.58. The Balaban J connectivity index is 2.53. The number of aromatic nitrogens is 1. The fraction of sp³-hybridized carbons (Fsp3) is 0.500. The summed E-state index contributed by atoms with van der Waals surface area (Å²) < 4.78 is 10.3. The Kier molecular flexibility index (Phi) is 6.97. The molecule has 0 aliphatic rings. The highest BCUT2D eigenvalue weighted by atomic mass is 16.6. The smallest absolute Gasteiger partial charge is 0.411 e. The van der Waals surface area contributed by atoms with E-state index in [-0.39, 0.29) is 6.54 Å². The Morgan fingerprint density at radius 3 is 2.28 bits per heavy atom. The zero-order valence-corrected chi connectivity index (χ0v) is 15.7. The number of amides is 2. The zero-order chi connectivity index (χ0) is 19.1. The van der Waals surface area contributed by atoms with Crippen molar-refractivity contribution in [3.63, 3.8) is 0 Å². The van der Waals surface area contributed by atoms with Crippen molar-refractivity contribution in [2.45, 2.75) is 59.3 Å². The molecule has 1 rings (SSSR count). The molecule has 0 atom stereocenters. The van der Waals surface area contributed by atoms with Crippen molar-refractivity contribution in [3.8, 4) is 0 Å². The molecule has 7 nitrogen and oxygen atoms in total. The molecule has 0 fully saturated rings. The molecule has 7 heteroatoms. The maximum absolute atomic E-state index is 11.6. The van der Waals surface area contributed by atoms with Crippen molar-refractivity contribution in [1.82, 2.24) is 15.6 Å². The Morgan fingerprint density at radius 1 is 1.08 bits per heavy atom. The topological polar surface area (TPSA) is 89.5 Å². The molecule has 1 aromatic heterocycles. The first-order valence-corrected chi connectivity index (χ1v) is 8.02. The van der Waals surface area contributed by atoms with Gasteiger partial charge in [0, 0.05) is 12.4 Å². The molecule has 0 aliphatic heterocycles. The first-order chi connectivity index (χ1) is 11.4. The fourth-order valence-electron chi connectivity index (χ4n) is 1.69. The van der Waals surface area contributed by atoms with Gasteiger partial charge in [0.05, 0.1) is 12.2 Å². The van der Waals surface area contributed by atoms with Gasteiger partial charge in [-0.2, -0.15) is 0 Å². The summed E-state index contributed by atoms with van der Waals surface area (Å²) in [7, 11) is 0. The highest BCUT2D eigenvalue weighted by Gasteiger charge is 2.16. The first kappa shape index (κ1) is 20.5. The van der Waals surface area contributed by atoms with Gasteiger partial charge in [-0.3, -0.25) is 10.3 Å². The van der Waals surface area contributed by atoms with E-state index in [1.807, 2.05) is 0 Å². The number of carbonyl (C=O) groups excluding carboxylic acids is 2. The standard InChI is InChI=1S/C18H27N3O4/c1-17(2,3)24-15(22)20-10-8-13-7-9-19-14(11-13)12-21-16(23)25-18(4,5)6/h7-11H,12H2,1-6H3,(H,20,22)(H,21,23)/b10-8-. The molecule has 0 saturated carbocycles. The van der Waals surface area contributed by atoms with Gasteiger partial charge in [0.1, 0.15) is 11.2 Å². The van der Waals surface area contributed by atoms with Crippen LogP contribution in [0.5, 0.6) is 0 Å². The van der Waals surface area contributed by atoms with Gasteiger partial charge in [-0.05, 0) is 65.3 Å². The molecule has 138 valence electrons.